The van der Waals surface area contributed by atoms with Gasteiger partial charge in [0.25, 0.3) is 11.1 Å². The van der Waals surface area contributed by atoms with E-state index in [-0.39, 0.29) is 30.0 Å². The zero-order valence-corrected chi connectivity index (χ0v) is 13.1. The molecule has 0 aliphatic rings. The summed E-state index contributed by atoms with van der Waals surface area (Å²) in [6, 6.07) is 2.32. The molecule has 2 rings (SSSR count). The van der Waals surface area contributed by atoms with Crippen molar-refractivity contribution in [2.45, 2.75) is 33.2 Å². The Bertz CT molecular complexity index is 761. The van der Waals surface area contributed by atoms with Crippen LogP contribution in [0, 0.1) is 5.92 Å². The summed E-state index contributed by atoms with van der Waals surface area (Å²) in [7, 11) is 0. The van der Waals surface area contributed by atoms with Crippen molar-refractivity contribution in [2.24, 2.45) is 5.92 Å². The van der Waals surface area contributed by atoms with Gasteiger partial charge >= 0.3 is 0 Å². The Kier molecular flexibility index (Phi) is 5.21. The lowest BCUT2D eigenvalue weighted by Crippen LogP contribution is -2.29. The van der Waals surface area contributed by atoms with Gasteiger partial charge in [-0.3, -0.25) is 19.5 Å². The minimum Gasteiger partial charge on any atom is -0.300 e. The molecule has 1 amide bonds. The van der Waals surface area contributed by atoms with Crippen LogP contribution in [0.2, 0.25) is 0 Å². The van der Waals surface area contributed by atoms with Gasteiger partial charge in [-0.1, -0.05) is 25.2 Å². The summed E-state index contributed by atoms with van der Waals surface area (Å²) in [5.74, 6) is 0.183. The number of rotatable bonds is 6. The summed E-state index contributed by atoms with van der Waals surface area (Å²) < 4.78 is 1.10. The normalized spacial score (nSPS) is 10.9. The van der Waals surface area contributed by atoms with Gasteiger partial charge in [-0.15, -0.1) is 10.2 Å². The van der Waals surface area contributed by atoms with Crippen LogP contribution in [0.5, 0.6) is 0 Å². The molecule has 0 atom stereocenters. The highest BCUT2D eigenvalue weighted by atomic mass is 32.1. The Hall–Kier alpha value is -2.29. The maximum absolute atomic E-state index is 11.8. The number of carbonyl (C=O) groups is 1. The number of nitrogens with one attached hydrogen (secondary N) is 2. The van der Waals surface area contributed by atoms with E-state index in [1.54, 1.807) is 0 Å². The lowest BCUT2D eigenvalue weighted by Gasteiger charge is -2.04. The van der Waals surface area contributed by atoms with E-state index in [2.05, 4.69) is 34.5 Å². The Labute approximate surface area is 130 Å². The molecule has 0 bridgehead atoms. The first kappa shape index (κ1) is 16.1. The minimum atomic E-state index is -0.387. The van der Waals surface area contributed by atoms with Gasteiger partial charge in [0.05, 0.1) is 6.54 Å². The average Bonchev–Trinajstić information content (AvgIpc) is 2.86. The molecule has 0 spiro atoms. The van der Waals surface area contributed by atoms with Crippen LogP contribution in [-0.2, 0) is 17.8 Å². The second-order valence-corrected chi connectivity index (χ2v) is 6.26. The lowest BCUT2D eigenvalue weighted by molar-refractivity contribution is -0.116. The van der Waals surface area contributed by atoms with Crippen molar-refractivity contribution in [1.29, 1.82) is 0 Å². The van der Waals surface area contributed by atoms with Crippen molar-refractivity contribution < 1.29 is 4.79 Å². The molecule has 0 saturated carbocycles. The van der Waals surface area contributed by atoms with Gasteiger partial charge in [0.15, 0.2) is 0 Å². The zero-order chi connectivity index (χ0) is 16.1. The van der Waals surface area contributed by atoms with Crippen molar-refractivity contribution in [3.05, 3.63) is 37.8 Å². The maximum atomic E-state index is 11.8. The van der Waals surface area contributed by atoms with Gasteiger partial charge in [-0.05, 0) is 5.92 Å². The van der Waals surface area contributed by atoms with Crippen molar-refractivity contribution in [3.8, 4) is 0 Å². The lowest BCUT2D eigenvalue weighted by atomic mass is 10.1. The monoisotopic (exact) mass is 323 g/mol. The van der Waals surface area contributed by atoms with E-state index in [9.17, 15) is 14.4 Å². The Morgan fingerprint density at radius 3 is 2.86 bits per heavy atom. The topological polar surface area (TPSA) is 110 Å². The van der Waals surface area contributed by atoms with Crippen LogP contribution in [0.4, 0.5) is 5.13 Å². The number of aromatic nitrogens is 4. The smallest absolute Gasteiger partial charge is 0.265 e. The predicted molar refractivity (Wildman–Crippen MR) is 83.0 cm³/mol. The summed E-state index contributed by atoms with van der Waals surface area (Å²) in [6.07, 6.45) is 0.868. The highest BCUT2D eigenvalue weighted by Crippen LogP contribution is 2.18. The van der Waals surface area contributed by atoms with Gasteiger partial charge in [0, 0.05) is 25.0 Å². The molecule has 0 unspecified atom stereocenters. The maximum Gasteiger partial charge on any atom is 0.265 e. The van der Waals surface area contributed by atoms with Crippen LogP contribution in [-0.4, -0.2) is 25.9 Å². The largest absolute Gasteiger partial charge is 0.300 e. The average molecular weight is 323 g/mol. The first-order chi connectivity index (χ1) is 10.4. The van der Waals surface area contributed by atoms with Gasteiger partial charge in [-0.25, -0.2) is 4.68 Å². The Morgan fingerprint density at radius 1 is 1.36 bits per heavy atom. The van der Waals surface area contributed by atoms with Gasteiger partial charge < -0.3 is 5.32 Å². The molecule has 0 fully saturated rings. The van der Waals surface area contributed by atoms with E-state index in [0.717, 1.165) is 22.2 Å². The molecule has 0 aliphatic heterocycles. The number of H-pyrrole nitrogens is 1. The molecule has 2 aromatic heterocycles. The molecular formula is C13H17N5O3S. The molecule has 0 radical (unpaired) electrons. The van der Waals surface area contributed by atoms with Gasteiger partial charge in [0.2, 0.25) is 11.0 Å². The first-order valence-corrected chi connectivity index (χ1v) is 7.68. The minimum absolute atomic E-state index is 0.0545. The Morgan fingerprint density at radius 2 is 2.14 bits per heavy atom. The van der Waals surface area contributed by atoms with E-state index < -0.39 is 0 Å². The molecule has 0 saturated heterocycles. The SMILES string of the molecule is CC(C)Cc1nnc(NC(=O)CCn2[nH]c(=O)ccc2=O)s1. The summed E-state index contributed by atoms with van der Waals surface area (Å²) in [5.41, 5.74) is -0.745. The number of aryl methyl sites for hydroxylation is 1. The molecule has 2 N–H and O–H groups in total. The number of nitrogens with zero attached hydrogens (tertiary/aromatic N) is 3. The standard InChI is InChI=1S/C13H17N5O3S/c1-8(2)7-11-15-16-13(22-11)14-9(19)5-6-18-12(21)4-3-10(20)17-18/h3-4,8H,5-7H2,1-2H3,(H,17,20)(H,14,16,19). The number of hydrogen-bond acceptors (Lipinski definition) is 6. The van der Waals surface area contributed by atoms with Crippen LogP contribution in [0.15, 0.2) is 21.7 Å². The van der Waals surface area contributed by atoms with Crippen LogP contribution in [0.3, 0.4) is 0 Å². The zero-order valence-electron chi connectivity index (χ0n) is 12.3. The third-order valence-electron chi connectivity index (χ3n) is 2.75. The van der Waals surface area contributed by atoms with Crippen LogP contribution >= 0.6 is 11.3 Å². The second-order valence-electron chi connectivity index (χ2n) is 5.20. The van der Waals surface area contributed by atoms with E-state index in [0.29, 0.717) is 11.0 Å². The van der Waals surface area contributed by atoms with Crippen LogP contribution in [0.25, 0.3) is 0 Å². The molecular weight excluding hydrogens is 306 g/mol. The second kappa shape index (κ2) is 7.12. The van der Waals surface area contributed by atoms with E-state index in [1.807, 2.05) is 0 Å². The van der Waals surface area contributed by atoms with Crippen molar-refractivity contribution in [2.75, 3.05) is 5.32 Å². The molecule has 118 valence electrons. The third kappa shape index (κ3) is 4.62. The third-order valence-corrected chi connectivity index (χ3v) is 3.61. The molecule has 0 aliphatic carbocycles. The van der Waals surface area contributed by atoms with E-state index in [1.165, 1.54) is 17.4 Å². The first-order valence-electron chi connectivity index (χ1n) is 6.86. The van der Waals surface area contributed by atoms with Crippen LogP contribution < -0.4 is 16.4 Å². The van der Waals surface area contributed by atoms with E-state index >= 15 is 0 Å². The molecule has 2 heterocycles. The molecule has 8 nitrogen and oxygen atoms in total. The summed E-state index contributed by atoms with van der Waals surface area (Å²) in [6.45, 7) is 4.26. The van der Waals surface area contributed by atoms with Crippen molar-refractivity contribution >= 4 is 22.4 Å². The fraction of sp³-hybridized carbons (Fsp3) is 0.462. The van der Waals surface area contributed by atoms with E-state index in [4.69, 9.17) is 0 Å². The fourth-order valence-corrected chi connectivity index (χ4v) is 2.73. The predicted octanol–water partition coefficient (Wildman–Crippen LogP) is 0.615. The van der Waals surface area contributed by atoms with Gasteiger partial charge in [0.1, 0.15) is 5.01 Å². The van der Waals surface area contributed by atoms with Gasteiger partial charge in [-0.2, -0.15) is 0 Å². The van der Waals surface area contributed by atoms with Crippen molar-refractivity contribution in [1.82, 2.24) is 20.0 Å². The Balaban J connectivity index is 1.90. The summed E-state index contributed by atoms with van der Waals surface area (Å²) in [5, 5.41) is 14.2. The quantitative estimate of drug-likeness (QED) is 0.809. The number of carbonyl (C=O) groups excluding carboxylic acids is 1. The number of hydrogen-bond donors (Lipinski definition) is 2. The highest BCUT2D eigenvalue weighted by Gasteiger charge is 2.10. The highest BCUT2D eigenvalue weighted by molar-refractivity contribution is 7.15. The summed E-state index contributed by atoms with van der Waals surface area (Å²) >= 11 is 1.34. The summed E-state index contributed by atoms with van der Waals surface area (Å²) in [4.78, 5) is 34.5. The number of aromatic amines is 1. The number of anilines is 1. The number of amides is 1. The van der Waals surface area contributed by atoms with Crippen LogP contribution in [0.1, 0.15) is 25.3 Å². The fourth-order valence-electron chi connectivity index (χ4n) is 1.76. The molecule has 0 aromatic carbocycles. The molecule has 2 aromatic rings. The molecule has 9 heteroatoms. The van der Waals surface area contributed by atoms with Crippen molar-refractivity contribution in [3.63, 3.8) is 0 Å². The molecule has 22 heavy (non-hydrogen) atoms.